The summed E-state index contributed by atoms with van der Waals surface area (Å²) in [5.41, 5.74) is 1.50. The molecule has 0 radical (unpaired) electrons. The van der Waals surface area contributed by atoms with Crippen molar-refractivity contribution in [3.05, 3.63) is 24.4 Å². The predicted molar refractivity (Wildman–Crippen MR) is 77.8 cm³/mol. The van der Waals surface area contributed by atoms with Gasteiger partial charge < -0.3 is 10.4 Å². The van der Waals surface area contributed by atoms with Crippen LogP contribution in [-0.2, 0) is 9.59 Å². The molecule has 6 nitrogen and oxygen atoms in total. The summed E-state index contributed by atoms with van der Waals surface area (Å²) in [6.07, 6.45) is 4.70. The maximum atomic E-state index is 12.4. The Morgan fingerprint density at radius 2 is 2.00 bits per heavy atom. The van der Waals surface area contributed by atoms with Gasteiger partial charge in [0.05, 0.1) is 23.5 Å². The summed E-state index contributed by atoms with van der Waals surface area (Å²) in [6, 6.07) is 5.47. The molecule has 0 saturated heterocycles. The molecule has 6 heteroatoms. The number of anilines is 1. The molecule has 0 aliphatic heterocycles. The van der Waals surface area contributed by atoms with Crippen LogP contribution in [0.15, 0.2) is 24.4 Å². The first kappa shape index (κ1) is 13.6. The average Bonchev–Trinajstić information content (AvgIpc) is 2.94. The van der Waals surface area contributed by atoms with Crippen molar-refractivity contribution >= 4 is 28.5 Å². The van der Waals surface area contributed by atoms with Crippen LogP contribution in [0.3, 0.4) is 0 Å². The quantitative estimate of drug-likeness (QED) is 0.807. The lowest BCUT2D eigenvalue weighted by atomic mass is 9.78. The molecule has 1 aliphatic rings. The summed E-state index contributed by atoms with van der Waals surface area (Å²) >= 11 is 0. The Bertz CT molecular complexity index is 680. The SMILES string of the molecule is O=C(O)[C@H]1CCCC[C@H]1C(=O)Nc1ccc2cn[nH]c2c1. The third kappa shape index (κ3) is 2.74. The van der Waals surface area contributed by atoms with E-state index in [-0.39, 0.29) is 5.91 Å². The van der Waals surface area contributed by atoms with Gasteiger partial charge in [-0.05, 0) is 31.0 Å². The Labute approximate surface area is 121 Å². The largest absolute Gasteiger partial charge is 0.481 e. The molecule has 3 N–H and O–H groups in total. The topological polar surface area (TPSA) is 95.1 Å². The van der Waals surface area contributed by atoms with E-state index in [2.05, 4.69) is 15.5 Å². The van der Waals surface area contributed by atoms with Gasteiger partial charge in [-0.15, -0.1) is 0 Å². The van der Waals surface area contributed by atoms with E-state index in [0.29, 0.717) is 18.5 Å². The van der Waals surface area contributed by atoms with Gasteiger partial charge in [-0.25, -0.2) is 0 Å². The molecule has 0 spiro atoms. The number of nitrogens with zero attached hydrogens (tertiary/aromatic N) is 1. The second kappa shape index (κ2) is 5.55. The third-order valence-corrected chi connectivity index (χ3v) is 4.13. The van der Waals surface area contributed by atoms with Crippen LogP contribution in [-0.4, -0.2) is 27.2 Å². The number of aliphatic carboxylic acids is 1. The van der Waals surface area contributed by atoms with Crippen LogP contribution in [0.5, 0.6) is 0 Å². The van der Waals surface area contributed by atoms with E-state index in [9.17, 15) is 14.7 Å². The summed E-state index contributed by atoms with van der Waals surface area (Å²) in [5, 5.41) is 19.8. The Balaban J connectivity index is 1.76. The standard InChI is InChI=1S/C15H17N3O3/c19-14(11-3-1-2-4-12(11)15(20)21)17-10-6-5-9-8-16-18-13(9)7-10/h5-8,11-12H,1-4H2,(H,16,18)(H,17,19)(H,20,21)/t11-,12+/m1/s1. The van der Waals surface area contributed by atoms with Crippen LogP contribution in [0.25, 0.3) is 10.9 Å². The molecule has 110 valence electrons. The van der Waals surface area contributed by atoms with Crippen molar-refractivity contribution in [2.45, 2.75) is 25.7 Å². The highest BCUT2D eigenvalue weighted by Gasteiger charge is 2.35. The Morgan fingerprint density at radius 3 is 2.76 bits per heavy atom. The van der Waals surface area contributed by atoms with Crippen molar-refractivity contribution in [2.75, 3.05) is 5.32 Å². The maximum absolute atomic E-state index is 12.4. The molecular weight excluding hydrogens is 270 g/mol. The van der Waals surface area contributed by atoms with Gasteiger partial charge in [0.25, 0.3) is 0 Å². The zero-order valence-corrected chi connectivity index (χ0v) is 11.5. The molecule has 2 atom stereocenters. The molecule has 1 aliphatic carbocycles. The number of aromatic amines is 1. The molecule has 1 amide bonds. The Hall–Kier alpha value is -2.37. The molecule has 1 fully saturated rings. The van der Waals surface area contributed by atoms with Gasteiger partial charge in [0.2, 0.25) is 5.91 Å². The lowest BCUT2D eigenvalue weighted by Gasteiger charge is -2.27. The fourth-order valence-corrected chi connectivity index (χ4v) is 2.99. The summed E-state index contributed by atoms with van der Waals surface area (Å²) in [4.78, 5) is 23.6. The van der Waals surface area contributed by atoms with E-state index < -0.39 is 17.8 Å². The van der Waals surface area contributed by atoms with Gasteiger partial charge >= 0.3 is 5.97 Å². The second-order valence-electron chi connectivity index (χ2n) is 5.50. The van der Waals surface area contributed by atoms with Crippen molar-refractivity contribution in [1.82, 2.24) is 10.2 Å². The minimum absolute atomic E-state index is 0.207. The van der Waals surface area contributed by atoms with E-state index >= 15 is 0 Å². The molecule has 3 rings (SSSR count). The lowest BCUT2D eigenvalue weighted by Crippen LogP contribution is -2.36. The fraction of sp³-hybridized carbons (Fsp3) is 0.400. The Kier molecular flexibility index (Phi) is 3.60. The van der Waals surface area contributed by atoms with Crippen molar-refractivity contribution in [2.24, 2.45) is 11.8 Å². The van der Waals surface area contributed by atoms with Gasteiger partial charge in [0.15, 0.2) is 0 Å². The van der Waals surface area contributed by atoms with Crippen LogP contribution in [0, 0.1) is 11.8 Å². The van der Waals surface area contributed by atoms with Gasteiger partial charge in [0.1, 0.15) is 0 Å². The van der Waals surface area contributed by atoms with Crippen LogP contribution < -0.4 is 5.32 Å². The average molecular weight is 287 g/mol. The summed E-state index contributed by atoms with van der Waals surface area (Å²) < 4.78 is 0. The number of benzene rings is 1. The second-order valence-corrected chi connectivity index (χ2v) is 5.50. The van der Waals surface area contributed by atoms with Crippen LogP contribution in [0.2, 0.25) is 0 Å². The number of fused-ring (bicyclic) bond motifs is 1. The minimum Gasteiger partial charge on any atom is -0.481 e. The van der Waals surface area contributed by atoms with Gasteiger partial charge in [-0.1, -0.05) is 12.8 Å². The molecule has 1 aromatic carbocycles. The first-order chi connectivity index (χ1) is 10.1. The molecular formula is C15H17N3O3. The number of hydrogen-bond donors (Lipinski definition) is 3. The Morgan fingerprint density at radius 1 is 1.24 bits per heavy atom. The number of carbonyl (C=O) groups is 2. The highest BCUT2D eigenvalue weighted by Crippen LogP contribution is 2.31. The molecule has 21 heavy (non-hydrogen) atoms. The number of carboxylic acids is 1. The lowest BCUT2D eigenvalue weighted by molar-refractivity contribution is -0.147. The van der Waals surface area contributed by atoms with Crippen molar-refractivity contribution in [3.63, 3.8) is 0 Å². The van der Waals surface area contributed by atoms with Crippen molar-refractivity contribution in [1.29, 1.82) is 0 Å². The number of hydrogen-bond acceptors (Lipinski definition) is 3. The maximum Gasteiger partial charge on any atom is 0.307 e. The van der Waals surface area contributed by atoms with Crippen molar-refractivity contribution < 1.29 is 14.7 Å². The number of H-pyrrole nitrogens is 1. The van der Waals surface area contributed by atoms with Gasteiger partial charge in [-0.2, -0.15) is 5.10 Å². The van der Waals surface area contributed by atoms with Crippen LogP contribution >= 0.6 is 0 Å². The molecule has 0 unspecified atom stereocenters. The van der Waals surface area contributed by atoms with E-state index in [4.69, 9.17) is 0 Å². The zero-order chi connectivity index (χ0) is 14.8. The number of rotatable bonds is 3. The normalized spacial score (nSPS) is 22.1. The molecule has 2 aromatic rings. The summed E-state index contributed by atoms with van der Waals surface area (Å²) in [5.74, 6) is -2.11. The van der Waals surface area contributed by atoms with E-state index in [0.717, 1.165) is 23.7 Å². The smallest absolute Gasteiger partial charge is 0.307 e. The number of nitrogens with one attached hydrogen (secondary N) is 2. The minimum atomic E-state index is -0.876. The number of carboxylic acid groups (broad SMARTS) is 1. The van der Waals surface area contributed by atoms with E-state index in [1.807, 2.05) is 6.07 Å². The van der Waals surface area contributed by atoms with Crippen LogP contribution in [0.1, 0.15) is 25.7 Å². The first-order valence-corrected chi connectivity index (χ1v) is 7.12. The number of aromatic nitrogens is 2. The molecule has 1 heterocycles. The highest BCUT2D eigenvalue weighted by atomic mass is 16.4. The van der Waals surface area contributed by atoms with E-state index in [1.54, 1.807) is 18.3 Å². The molecule has 1 aromatic heterocycles. The molecule has 1 saturated carbocycles. The predicted octanol–water partition coefficient (Wildman–Crippen LogP) is 2.39. The van der Waals surface area contributed by atoms with Gasteiger partial charge in [-0.3, -0.25) is 14.7 Å². The zero-order valence-electron chi connectivity index (χ0n) is 11.5. The third-order valence-electron chi connectivity index (χ3n) is 4.13. The van der Waals surface area contributed by atoms with Crippen molar-refractivity contribution in [3.8, 4) is 0 Å². The summed E-state index contributed by atoms with van der Waals surface area (Å²) in [7, 11) is 0. The van der Waals surface area contributed by atoms with Crippen LogP contribution in [0.4, 0.5) is 5.69 Å². The van der Waals surface area contributed by atoms with E-state index in [1.165, 1.54) is 0 Å². The highest BCUT2D eigenvalue weighted by molar-refractivity contribution is 5.96. The monoisotopic (exact) mass is 287 g/mol. The first-order valence-electron chi connectivity index (χ1n) is 7.12. The fourth-order valence-electron chi connectivity index (χ4n) is 2.99. The number of carbonyl (C=O) groups excluding carboxylic acids is 1. The molecule has 0 bridgehead atoms. The van der Waals surface area contributed by atoms with Gasteiger partial charge in [0, 0.05) is 11.1 Å². The number of amides is 1. The summed E-state index contributed by atoms with van der Waals surface area (Å²) in [6.45, 7) is 0.